The van der Waals surface area contributed by atoms with Gasteiger partial charge in [0.1, 0.15) is 5.54 Å². The number of rotatable bonds is 5. The number of halogens is 1. The first-order chi connectivity index (χ1) is 17.9. The molecular weight excluding hydrogens is 496 g/mol. The number of anilines is 1. The summed E-state index contributed by atoms with van der Waals surface area (Å²) in [6.45, 7) is 8.54. The minimum Gasteiger partial charge on any atom is -0.323 e. The summed E-state index contributed by atoms with van der Waals surface area (Å²) in [7, 11) is 0. The molecule has 1 saturated carbocycles. The third-order valence-corrected chi connectivity index (χ3v) is 9.17. The Labute approximate surface area is 231 Å². The van der Waals surface area contributed by atoms with Crippen molar-refractivity contribution >= 4 is 34.8 Å². The lowest BCUT2D eigenvalue weighted by Crippen LogP contribution is -2.41. The van der Waals surface area contributed by atoms with Crippen molar-refractivity contribution in [3.63, 3.8) is 0 Å². The van der Waals surface area contributed by atoms with E-state index in [1.54, 1.807) is 10.7 Å². The van der Waals surface area contributed by atoms with Crippen LogP contribution in [0.2, 0.25) is 0 Å². The van der Waals surface area contributed by atoms with Gasteiger partial charge in [0.05, 0.1) is 17.8 Å². The van der Waals surface area contributed by atoms with Crippen LogP contribution in [-0.4, -0.2) is 52.8 Å². The molecule has 38 heavy (non-hydrogen) atoms. The van der Waals surface area contributed by atoms with E-state index >= 15 is 0 Å². The standard InChI is InChI=1S/C30H36N6O.ClH/c1-30(2,29(37)34-28-8-7-21(15-31)26-5-3-4-6-27(26)28)36-19-24(18-33-36)20-9-11-35(12-10-20)25-13-22-16-32-17-23(22)14-25;/h3-8,18-20,22-23,25,32H,9-14,16-17H2,1-2H3,(H,34,37);1H. The molecule has 0 radical (unpaired) electrons. The summed E-state index contributed by atoms with van der Waals surface area (Å²) in [5.74, 6) is 2.13. The van der Waals surface area contributed by atoms with Gasteiger partial charge in [-0.2, -0.15) is 10.4 Å². The van der Waals surface area contributed by atoms with Crippen LogP contribution in [0, 0.1) is 23.2 Å². The predicted octanol–water partition coefficient (Wildman–Crippen LogP) is 4.88. The number of aromatic nitrogens is 2. The molecule has 2 unspecified atom stereocenters. The topological polar surface area (TPSA) is 86.0 Å². The Bertz CT molecular complexity index is 1340. The van der Waals surface area contributed by atoms with Gasteiger partial charge in [-0.15, -0.1) is 12.4 Å². The minimum absolute atomic E-state index is 0. The predicted molar refractivity (Wildman–Crippen MR) is 153 cm³/mol. The van der Waals surface area contributed by atoms with Crippen LogP contribution >= 0.6 is 12.4 Å². The summed E-state index contributed by atoms with van der Waals surface area (Å²) in [6, 6.07) is 14.3. The highest BCUT2D eigenvalue weighted by molar-refractivity contribution is 6.05. The second-order valence-corrected chi connectivity index (χ2v) is 11.7. The molecule has 8 heteroatoms. The van der Waals surface area contributed by atoms with Crippen molar-refractivity contribution in [2.75, 3.05) is 31.5 Å². The van der Waals surface area contributed by atoms with E-state index in [1.807, 2.05) is 50.4 Å². The Morgan fingerprint density at radius 1 is 1.08 bits per heavy atom. The Balaban J connectivity index is 0.00000294. The van der Waals surface area contributed by atoms with Gasteiger partial charge < -0.3 is 15.5 Å². The van der Waals surface area contributed by atoms with Crippen molar-refractivity contribution in [1.82, 2.24) is 20.0 Å². The largest absolute Gasteiger partial charge is 0.323 e. The van der Waals surface area contributed by atoms with Gasteiger partial charge in [0.2, 0.25) is 0 Å². The molecule has 1 aromatic heterocycles. The monoisotopic (exact) mass is 532 g/mol. The quantitative estimate of drug-likeness (QED) is 0.489. The van der Waals surface area contributed by atoms with Crippen LogP contribution in [0.25, 0.3) is 10.8 Å². The number of benzene rings is 2. The average Bonchev–Trinajstić information content (AvgIpc) is 3.66. The summed E-state index contributed by atoms with van der Waals surface area (Å²) in [6.07, 6.45) is 9.05. The van der Waals surface area contributed by atoms with Gasteiger partial charge in [-0.05, 0) is 101 Å². The van der Waals surface area contributed by atoms with E-state index in [-0.39, 0.29) is 18.3 Å². The van der Waals surface area contributed by atoms with Crippen molar-refractivity contribution in [3.8, 4) is 6.07 Å². The van der Waals surface area contributed by atoms with E-state index < -0.39 is 5.54 Å². The fourth-order valence-corrected chi connectivity index (χ4v) is 6.77. The summed E-state index contributed by atoms with van der Waals surface area (Å²) in [5, 5.41) is 22.4. The van der Waals surface area contributed by atoms with Crippen molar-refractivity contribution < 1.29 is 4.79 Å². The zero-order valence-corrected chi connectivity index (χ0v) is 23.0. The molecule has 0 spiro atoms. The molecule has 6 rings (SSSR count). The van der Waals surface area contributed by atoms with Crippen molar-refractivity contribution in [2.24, 2.45) is 11.8 Å². The number of carbonyl (C=O) groups excluding carboxylic acids is 1. The van der Waals surface area contributed by atoms with Gasteiger partial charge in [0.25, 0.3) is 5.91 Å². The maximum atomic E-state index is 13.4. The van der Waals surface area contributed by atoms with Crippen LogP contribution in [-0.2, 0) is 10.3 Å². The first kappa shape index (κ1) is 26.7. The maximum Gasteiger partial charge on any atom is 0.251 e. The number of carbonyl (C=O) groups is 1. The highest BCUT2D eigenvalue weighted by atomic mass is 35.5. The zero-order valence-electron chi connectivity index (χ0n) is 22.2. The number of hydrogen-bond acceptors (Lipinski definition) is 5. The van der Waals surface area contributed by atoms with Crippen molar-refractivity contribution in [1.29, 1.82) is 5.26 Å². The van der Waals surface area contributed by atoms with Crippen molar-refractivity contribution in [3.05, 3.63) is 59.9 Å². The molecule has 2 saturated heterocycles. The molecule has 3 fully saturated rings. The third-order valence-electron chi connectivity index (χ3n) is 9.17. The summed E-state index contributed by atoms with van der Waals surface area (Å²) in [5.41, 5.74) is 1.68. The Kier molecular flexibility index (Phi) is 7.50. The van der Waals surface area contributed by atoms with Gasteiger partial charge in [-0.25, -0.2) is 0 Å². The highest BCUT2D eigenvalue weighted by Gasteiger charge is 2.40. The van der Waals surface area contributed by atoms with Gasteiger partial charge in [-0.3, -0.25) is 9.48 Å². The number of likely N-dealkylation sites (tertiary alicyclic amines) is 1. The first-order valence-corrected chi connectivity index (χ1v) is 13.7. The molecule has 0 bridgehead atoms. The van der Waals surface area contributed by atoms with Crippen LogP contribution in [0.3, 0.4) is 0 Å². The van der Waals surface area contributed by atoms with Crippen LogP contribution in [0.1, 0.15) is 56.6 Å². The summed E-state index contributed by atoms with van der Waals surface area (Å²) in [4.78, 5) is 16.2. The van der Waals surface area contributed by atoms with E-state index in [0.29, 0.717) is 17.2 Å². The zero-order chi connectivity index (χ0) is 25.6. The second-order valence-electron chi connectivity index (χ2n) is 11.7. The highest BCUT2D eigenvalue weighted by Crippen LogP contribution is 2.39. The molecule has 2 atom stereocenters. The van der Waals surface area contributed by atoms with Crippen LogP contribution in [0.15, 0.2) is 48.8 Å². The van der Waals surface area contributed by atoms with E-state index in [2.05, 4.69) is 32.9 Å². The molecule has 2 aliphatic heterocycles. The van der Waals surface area contributed by atoms with Gasteiger partial charge in [-0.1, -0.05) is 24.3 Å². The van der Waals surface area contributed by atoms with E-state index in [4.69, 9.17) is 0 Å². The smallest absolute Gasteiger partial charge is 0.251 e. The number of amides is 1. The summed E-state index contributed by atoms with van der Waals surface area (Å²) < 4.78 is 1.81. The lowest BCUT2D eigenvalue weighted by atomic mass is 9.90. The molecular formula is C30H37ClN6O. The van der Waals surface area contributed by atoms with Gasteiger partial charge >= 0.3 is 0 Å². The number of nitrogens with one attached hydrogen (secondary N) is 2. The molecule has 3 aromatic rings. The molecule has 1 amide bonds. The van der Waals surface area contributed by atoms with Crippen LogP contribution in [0.5, 0.6) is 0 Å². The van der Waals surface area contributed by atoms with Gasteiger partial charge in [0.15, 0.2) is 0 Å². The molecule has 200 valence electrons. The number of fused-ring (bicyclic) bond motifs is 2. The second kappa shape index (κ2) is 10.7. The van der Waals surface area contributed by atoms with Crippen LogP contribution in [0.4, 0.5) is 5.69 Å². The molecule has 2 aromatic carbocycles. The van der Waals surface area contributed by atoms with Gasteiger partial charge in [0, 0.05) is 28.7 Å². The molecule has 7 nitrogen and oxygen atoms in total. The van der Waals surface area contributed by atoms with Crippen LogP contribution < -0.4 is 10.6 Å². The Hall–Kier alpha value is -2.92. The fourth-order valence-electron chi connectivity index (χ4n) is 6.77. The van der Waals surface area contributed by atoms with Crippen molar-refractivity contribution in [2.45, 2.75) is 57.0 Å². The molecule has 3 aliphatic rings. The lowest BCUT2D eigenvalue weighted by molar-refractivity contribution is -0.123. The number of piperidine rings is 1. The average molecular weight is 533 g/mol. The first-order valence-electron chi connectivity index (χ1n) is 13.7. The van der Waals surface area contributed by atoms with E-state index in [9.17, 15) is 10.1 Å². The SMILES string of the molecule is CC(C)(C(=O)Nc1ccc(C#N)c2ccccc12)n1cc(C2CCN(C3CC4CNCC4C3)CC2)cn1.Cl. The van der Waals surface area contributed by atoms with E-state index in [1.165, 1.54) is 31.5 Å². The Morgan fingerprint density at radius 3 is 2.45 bits per heavy atom. The molecule has 2 N–H and O–H groups in total. The number of nitriles is 1. The number of nitrogens with zero attached hydrogens (tertiary/aromatic N) is 4. The normalized spacial score (nSPS) is 24.1. The van der Waals surface area contributed by atoms with E-state index in [0.717, 1.165) is 54.6 Å². The third kappa shape index (κ3) is 4.82. The molecule has 3 heterocycles. The molecule has 1 aliphatic carbocycles. The summed E-state index contributed by atoms with van der Waals surface area (Å²) >= 11 is 0. The lowest BCUT2D eigenvalue weighted by Gasteiger charge is -2.36. The maximum absolute atomic E-state index is 13.4. The minimum atomic E-state index is -0.858. The fraction of sp³-hybridized carbons (Fsp3) is 0.500. The number of hydrogen-bond donors (Lipinski definition) is 2. The Morgan fingerprint density at radius 2 is 1.76 bits per heavy atom.